The maximum absolute atomic E-state index is 8.81. The van der Waals surface area contributed by atoms with Crippen LogP contribution in [0, 0.1) is 0 Å². The Hall–Kier alpha value is -1.66. The topological polar surface area (TPSA) is 78.0 Å². The Labute approximate surface area is 119 Å². The molecule has 6 nitrogen and oxygen atoms in total. The number of nitrogens with two attached hydrogens (primary N) is 1. The molecule has 6 heteroatoms. The second-order valence-corrected chi connectivity index (χ2v) is 5.11. The third-order valence-electron chi connectivity index (χ3n) is 3.64. The van der Waals surface area contributed by atoms with E-state index in [0.29, 0.717) is 5.69 Å². The van der Waals surface area contributed by atoms with Gasteiger partial charge in [-0.1, -0.05) is 18.1 Å². The van der Waals surface area contributed by atoms with Gasteiger partial charge in [0.05, 0.1) is 0 Å². The SMILES string of the molecule is CCCN1CCN(Cc2cccnc2C(N)=NO)CC1. The maximum atomic E-state index is 8.81. The third kappa shape index (κ3) is 3.68. The summed E-state index contributed by atoms with van der Waals surface area (Å²) < 4.78 is 0. The number of aromatic nitrogens is 1. The summed E-state index contributed by atoms with van der Waals surface area (Å²) in [7, 11) is 0. The molecule has 0 unspecified atom stereocenters. The Kier molecular flexibility index (Phi) is 5.31. The van der Waals surface area contributed by atoms with Crippen molar-refractivity contribution in [2.75, 3.05) is 32.7 Å². The fourth-order valence-corrected chi connectivity index (χ4v) is 2.57. The van der Waals surface area contributed by atoms with Crippen LogP contribution in [0.25, 0.3) is 0 Å². The van der Waals surface area contributed by atoms with Crippen molar-refractivity contribution < 1.29 is 5.21 Å². The van der Waals surface area contributed by atoms with Crippen molar-refractivity contribution in [3.8, 4) is 0 Å². The standard InChI is InChI=1S/C14H23N5O/c1-2-6-18-7-9-19(10-8-18)11-12-4-3-5-16-13(12)14(15)17-20/h3-5,20H,2,6-11H2,1H3,(H2,15,17). The first-order valence-corrected chi connectivity index (χ1v) is 7.11. The van der Waals surface area contributed by atoms with Crippen LogP contribution in [0.1, 0.15) is 24.6 Å². The molecule has 0 radical (unpaired) electrons. The van der Waals surface area contributed by atoms with Gasteiger partial charge in [-0.05, 0) is 24.6 Å². The van der Waals surface area contributed by atoms with E-state index in [1.165, 1.54) is 13.0 Å². The molecule has 1 fully saturated rings. The zero-order valence-corrected chi connectivity index (χ0v) is 12.0. The fraction of sp³-hybridized carbons (Fsp3) is 0.571. The Morgan fingerprint density at radius 2 is 2.05 bits per heavy atom. The molecule has 0 aromatic carbocycles. The molecule has 0 spiro atoms. The molecule has 110 valence electrons. The van der Waals surface area contributed by atoms with E-state index < -0.39 is 0 Å². The van der Waals surface area contributed by atoms with Gasteiger partial charge in [0.25, 0.3) is 0 Å². The molecule has 0 saturated carbocycles. The summed E-state index contributed by atoms with van der Waals surface area (Å²) in [5.74, 6) is 0.0743. The van der Waals surface area contributed by atoms with Gasteiger partial charge in [-0.25, -0.2) is 0 Å². The van der Waals surface area contributed by atoms with E-state index in [1.807, 2.05) is 12.1 Å². The van der Waals surface area contributed by atoms with Crippen molar-refractivity contribution in [3.63, 3.8) is 0 Å². The molecule has 0 atom stereocenters. The molecule has 1 aliphatic rings. The predicted octanol–water partition coefficient (Wildman–Crippen LogP) is 0.704. The van der Waals surface area contributed by atoms with Gasteiger partial charge in [0.2, 0.25) is 0 Å². The summed E-state index contributed by atoms with van der Waals surface area (Å²) in [6.45, 7) is 8.48. The molecule has 20 heavy (non-hydrogen) atoms. The van der Waals surface area contributed by atoms with Crippen LogP contribution in [-0.2, 0) is 6.54 Å². The second kappa shape index (κ2) is 7.21. The van der Waals surface area contributed by atoms with Gasteiger partial charge in [-0.2, -0.15) is 0 Å². The highest BCUT2D eigenvalue weighted by Crippen LogP contribution is 2.11. The number of piperazine rings is 1. The number of hydrogen-bond acceptors (Lipinski definition) is 5. The number of amidine groups is 1. The van der Waals surface area contributed by atoms with Crippen LogP contribution < -0.4 is 5.73 Å². The molecule has 0 bridgehead atoms. The predicted molar refractivity (Wildman–Crippen MR) is 78.8 cm³/mol. The van der Waals surface area contributed by atoms with Crippen LogP contribution >= 0.6 is 0 Å². The Bertz CT molecular complexity index is 455. The lowest BCUT2D eigenvalue weighted by Crippen LogP contribution is -2.46. The summed E-state index contributed by atoms with van der Waals surface area (Å²) in [6.07, 6.45) is 2.87. The van der Waals surface area contributed by atoms with Crippen molar-refractivity contribution >= 4 is 5.84 Å². The lowest BCUT2D eigenvalue weighted by atomic mass is 10.1. The third-order valence-corrected chi connectivity index (χ3v) is 3.64. The van der Waals surface area contributed by atoms with E-state index >= 15 is 0 Å². The normalized spacial score (nSPS) is 18.4. The Balaban J connectivity index is 1.98. The summed E-state index contributed by atoms with van der Waals surface area (Å²) in [4.78, 5) is 9.08. The van der Waals surface area contributed by atoms with E-state index in [0.717, 1.165) is 38.3 Å². The summed E-state index contributed by atoms with van der Waals surface area (Å²) >= 11 is 0. The first-order valence-electron chi connectivity index (χ1n) is 7.11. The van der Waals surface area contributed by atoms with Crippen molar-refractivity contribution in [1.82, 2.24) is 14.8 Å². The zero-order chi connectivity index (χ0) is 14.4. The van der Waals surface area contributed by atoms with E-state index in [1.54, 1.807) is 6.20 Å². The lowest BCUT2D eigenvalue weighted by Gasteiger charge is -2.34. The van der Waals surface area contributed by atoms with Crippen LogP contribution in [0.4, 0.5) is 0 Å². The molecule has 3 N–H and O–H groups in total. The summed E-state index contributed by atoms with van der Waals surface area (Å²) in [5, 5.41) is 11.9. The molecule has 1 aromatic rings. The van der Waals surface area contributed by atoms with Gasteiger partial charge in [0.1, 0.15) is 5.69 Å². The molecule has 1 aromatic heterocycles. The van der Waals surface area contributed by atoms with Gasteiger partial charge >= 0.3 is 0 Å². The molecule has 1 saturated heterocycles. The van der Waals surface area contributed by atoms with Crippen LogP contribution in [0.3, 0.4) is 0 Å². The van der Waals surface area contributed by atoms with Gasteiger partial charge in [-0.3, -0.25) is 9.88 Å². The van der Waals surface area contributed by atoms with Crippen molar-refractivity contribution in [2.24, 2.45) is 10.9 Å². The van der Waals surface area contributed by atoms with Gasteiger partial charge in [0.15, 0.2) is 5.84 Å². The monoisotopic (exact) mass is 277 g/mol. The van der Waals surface area contributed by atoms with Gasteiger partial charge in [-0.15, -0.1) is 0 Å². The fourth-order valence-electron chi connectivity index (χ4n) is 2.57. The first kappa shape index (κ1) is 14.7. The van der Waals surface area contributed by atoms with E-state index in [4.69, 9.17) is 10.9 Å². The number of hydrogen-bond donors (Lipinski definition) is 2. The highest BCUT2D eigenvalue weighted by atomic mass is 16.4. The van der Waals surface area contributed by atoms with Crippen molar-refractivity contribution in [3.05, 3.63) is 29.6 Å². The Morgan fingerprint density at radius 1 is 1.35 bits per heavy atom. The molecular weight excluding hydrogens is 254 g/mol. The molecule has 1 aliphatic heterocycles. The number of rotatable bonds is 5. The quantitative estimate of drug-likeness (QED) is 0.358. The summed E-state index contributed by atoms with van der Waals surface area (Å²) in [6, 6.07) is 3.87. The average Bonchev–Trinajstić information content (AvgIpc) is 2.49. The highest BCUT2D eigenvalue weighted by Gasteiger charge is 2.18. The molecular formula is C14H23N5O. The smallest absolute Gasteiger partial charge is 0.189 e. The Morgan fingerprint density at radius 3 is 2.70 bits per heavy atom. The van der Waals surface area contributed by atoms with Crippen LogP contribution in [0.15, 0.2) is 23.5 Å². The minimum Gasteiger partial charge on any atom is -0.409 e. The largest absolute Gasteiger partial charge is 0.409 e. The van der Waals surface area contributed by atoms with Crippen LogP contribution in [-0.4, -0.2) is 58.6 Å². The molecule has 0 amide bonds. The van der Waals surface area contributed by atoms with E-state index in [9.17, 15) is 0 Å². The lowest BCUT2D eigenvalue weighted by molar-refractivity contribution is 0.127. The molecule has 2 heterocycles. The van der Waals surface area contributed by atoms with E-state index in [-0.39, 0.29) is 5.84 Å². The minimum absolute atomic E-state index is 0.0743. The molecule has 2 rings (SSSR count). The van der Waals surface area contributed by atoms with Gasteiger partial charge < -0.3 is 15.8 Å². The average molecular weight is 277 g/mol. The van der Waals surface area contributed by atoms with Crippen LogP contribution in [0.5, 0.6) is 0 Å². The number of pyridine rings is 1. The van der Waals surface area contributed by atoms with Gasteiger partial charge in [0, 0.05) is 38.9 Å². The first-order chi connectivity index (χ1) is 9.74. The maximum Gasteiger partial charge on any atom is 0.189 e. The minimum atomic E-state index is 0.0743. The molecule has 0 aliphatic carbocycles. The van der Waals surface area contributed by atoms with E-state index in [2.05, 4.69) is 26.9 Å². The number of nitrogens with zero attached hydrogens (tertiary/aromatic N) is 4. The second-order valence-electron chi connectivity index (χ2n) is 5.11. The number of oxime groups is 1. The highest BCUT2D eigenvalue weighted by molar-refractivity contribution is 5.96. The summed E-state index contributed by atoms with van der Waals surface area (Å²) in [5.41, 5.74) is 7.25. The van der Waals surface area contributed by atoms with Crippen molar-refractivity contribution in [1.29, 1.82) is 0 Å². The van der Waals surface area contributed by atoms with Crippen molar-refractivity contribution in [2.45, 2.75) is 19.9 Å². The van der Waals surface area contributed by atoms with Crippen LogP contribution in [0.2, 0.25) is 0 Å². The zero-order valence-electron chi connectivity index (χ0n) is 12.0.